The smallest absolute Gasteiger partial charge is 0.246 e. The van der Waals surface area contributed by atoms with Gasteiger partial charge in [0.25, 0.3) is 0 Å². The van der Waals surface area contributed by atoms with Crippen molar-refractivity contribution in [1.82, 2.24) is 19.1 Å². The van der Waals surface area contributed by atoms with Crippen molar-refractivity contribution in [2.24, 2.45) is 0 Å². The highest BCUT2D eigenvalue weighted by molar-refractivity contribution is 7.71. The van der Waals surface area contributed by atoms with Crippen molar-refractivity contribution in [1.29, 1.82) is 0 Å². The van der Waals surface area contributed by atoms with Gasteiger partial charge < -0.3 is 10.1 Å². The Bertz CT molecular complexity index is 1290. The van der Waals surface area contributed by atoms with Gasteiger partial charge in [0.15, 0.2) is 5.82 Å². The van der Waals surface area contributed by atoms with Crippen LogP contribution in [0.2, 0.25) is 5.02 Å². The molecule has 4 aromatic rings. The van der Waals surface area contributed by atoms with E-state index in [0.29, 0.717) is 27.7 Å². The number of halogens is 1. The lowest BCUT2D eigenvalue weighted by Crippen LogP contribution is -2.20. The molecule has 0 saturated carbocycles. The van der Waals surface area contributed by atoms with Gasteiger partial charge >= 0.3 is 0 Å². The van der Waals surface area contributed by atoms with Crippen LogP contribution in [-0.4, -0.2) is 32.1 Å². The molecule has 0 aliphatic carbocycles. The fourth-order valence-electron chi connectivity index (χ4n) is 3.28. The molecule has 0 atom stereocenters. The van der Waals surface area contributed by atoms with Crippen molar-refractivity contribution in [2.75, 3.05) is 12.4 Å². The zero-order valence-corrected chi connectivity index (χ0v) is 19.2. The number of aryl methyl sites for hydroxylation is 1. The number of hydrogen-bond donors (Lipinski definition) is 1. The molecule has 0 radical (unpaired) electrons. The first-order valence-electron chi connectivity index (χ1n) is 9.96. The number of methoxy groups -OCH3 is 1. The van der Waals surface area contributed by atoms with Crippen LogP contribution in [0.25, 0.3) is 0 Å². The number of carbonyl (C=O) groups excluding carboxylic acids is 1. The molecule has 164 valence electrons. The average Bonchev–Trinajstić information content (AvgIpc) is 3.40. The summed E-state index contributed by atoms with van der Waals surface area (Å²) in [4.78, 5) is 12.7. The second kappa shape index (κ2) is 9.42. The first-order chi connectivity index (χ1) is 15.4. The SMILES string of the molecule is COc1ccc(Cc2nn(CC(=O)Nc3ccc(C)c(Cl)c3)c(=S)n2-n2cccc2)cc1. The number of carbonyl (C=O) groups is 1. The Kier molecular flexibility index (Phi) is 6.43. The lowest BCUT2D eigenvalue weighted by Gasteiger charge is -2.08. The first-order valence-corrected chi connectivity index (χ1v) is 10.7. The lowest BCUT2D eigenvalue weighted by molar-refractivity contribution is -0.116. The number of rotatable bonds is 7. The Morgan fingerprint density at radius 1 is 1.16 bits per heavy atom. The number of aromatic nitrogens is 4. The minimum absolute atomic E-state index is 0.0196. The van der Waals surface area contributed by atoms with E-state index in [1.54, 1.807) is 13.2 Å². The van der Waals surface area contributed by atoms with Crippen LogP contribution >= 0.6 is 23.8 Å². The highest BCUT2D eigenvalue weighted by Crippen LogP contribution is 2.20. The standard InChI is InChI=1S/C23H22ClN5O2S/c1-16-5-8-18(14-20(16)24)25-22(30)15-28-23(32)29(27-11-3-4-12-27)21(26-28)13-17-6-9-19(31-2)10-7-17/h3-12,14H,13,15H2,1-2H3,(H,25,30). The van der Waals surface area contributed by atoms with Gasteiger partial charge in [-0.3, -0.25) is 9.47 Å². The van der Waals surface area contributed by atoms with Crippen LogP contribution in [0.15, 0.2) is 67.0 Å². The number of nitrogens with zero attached hydrogens (tertiary/aromatic N) is 4. The average molecular weight is 468 g/mol. The molecule has 0 aliphatic heterocycles. The van der Waals surface area contributed by atoms with E-state index in [4.69, 9.17) is 28.6 Å². The third kappa shape index (κ3) is 4.76. The van der Waals surface area contributed by atoms with E-state index in [9.17, 15) is 4.79 Å². The third-order valence-electron chi connectivity index (χ3n) is 4.97. The molecule has 4 rings (SSSR count). The summed E-state index contributed by atoms with van der Waals surface area (Å²) < 4.78 is 10.8. The van der Waals surface area contributed by atoms with Crippen LogP contribution in [0, 0.1) is 11.7 Å². The topological polar surface area (TPSA) is 66.0 Å². The van der Waals surface area contributed by atoms with Gasteiger partial charge in [-0.15, -0.1) is 0 Å². The van der Waals surface area contributed by atoms with Gasteiger partial charge in [0.2, 0.25) is 10.7 Å². The fourth-order valence-corrected chi connectivity index (χ4v) is 3.77. The molecule has 32 heavy (non-hydrogen) atoms. The Morgan fingerprint density at radius 2 is 1.88 bits per heavy atom. The monoisotopic (exact) mass is 467 g/mol. The largest absolute Gasteiger partial charge is 0.497 e. The van der Waals surface area contributed by atoms with E-state index in [-0.39, 0.29) is 12.5 Å². The summed E-state index contributed by atoms with van der Waals surface area (Å²) in [5.74, 6) is 1.26. The fraction of sp³-hybridized carbons (Fsp3) is 0.174. The molecule has 2 aromatic carbocycles. The first kappa shape index (κ1) is 21.9. The summed E-state index contributed by atoms with van der Waals surface area (Å²) in [6, 6.07) is 17.0. The van der Waals surface area contributed by atoms with E-state index in [2.05, 4.69) is 10.4 Å². The quantitative estimate of drug-likeness (QED) is 0.399. The molecular weight excluding hydrogens is 446 g/mol. The van der Waals surface area contributed by atoms with E-state index >= 15 is 0 Å². The Labute approximate surface area is 195 Å². The van der Waals surface area contributed by atoms with Crippen LogP contribution in [-0.2, 0) is 17.8 Å². The number of ether oxygens (including phenoxy) is 1. The van der Waals surface area contributed by atoms with Crippen LogP contribution in [0.4, 0.5) is 5.69 Å². The summed E-state index contributed by atoms with van der Waals surface area (Å²) in [6.07, 6.45) is 4.30. The van der Waals surface area contributed by atoms with E-state index in [0.717, 1.165) is 16.9 Å². The highest BCUT2D eigenvalue weighted by Gasteiger charge is 2.15. The predicted molar refractivity (Wildman–Crippen MR) is 127 cm³/mol. The van der Waals surface area contributed by atoms with Gasteiger partial charge in [0, 0.05) is 29.5 Å². The van der Waals surface area contributed by atoms with Gasteiger partial charge in [-0.05, 0) is 66.7 Å². The minimum Gasteiger partial charge on any atom is -0.497 e. The molecule has 1 amide bonds. The number of hydrogen-bond acceptors (Lipinski definition) is 4. The van der Waals surface area contributed by atoms with Gasteiger partial charge in [-0.1, -0.05) is 29.8 Å². The van der Waals surface area contributed by atoms with Gasteiger partial charge in [0.05, 0.1) is 7.11 Å². The van der Waals surface area contributed by atoms with Crippen molar-refractivity contribution in [2.45, 2.75) is 19.9 Å². The summed E-state index contributed by atoms with van der Waals surface area (Å²) >= 11 is 11.8. The molecule has 7 nitrogen and oxygen atoms in total. The van der Waals surface area contributed by atoms with Crippen molar-refractivity contribution < 1.29 is 9.53 Å². The second-order valence-corrected chi connectivity index (χ2v) is 8.04. The third-order valence-corrected chi connectivity index (χ3v) is 5.76. The Hall–Kier alpha value is -3.36. The van der Waals surface area contributed by atoms with Crippen molar-refractivity contribution in [3.8, 4) is 5.75 Å². The summed E-state index contributed by atoms with van der Waals surface area (Å²) in [6.45, 7) is 1.89. The van der Waals surface area contributed by atoms with Gasteiger partial charge in [-0.2, -0.15) is 5.10 Å². The van der Waals surface area contributed by atoms with Crippen LogP contribution in [0.1, 0.15) is 17.0 Å². The normalized spacial score (nSPS) is 10.8. The van der Waals surface area contributed by atoms with Crippen molar-refractivity contribution in [3.63, 3.8) is 0 Å². The number of nitrogens with one attached hydrogen (secondary N) is 1. The van der Waals surface area contributed by atoms with Crippen LogP contribution in [0.5, 0.6) is 5.75 Å². The molecular formula is C23H22ClN5O2S. The number of anilines is 1. The van der Waals surface area contributed by atoms with Gasteiger partial charge in [0.1, 0.15) is 12.3 Å². The molecule has 9 heteroatoms. The molecule has 2 heterocycles. The van der Waals surface area contributed by atoms with Crippen molar-refractivity contribution in [3.05, 3.63) is 93.7 Å². The predicted octanol–water partition coefficient (Wildman–Crippen LogP) is 4.73. The highest BCUT2D eigenvalue weighted by atomic mass is 35.5. The zero-order valence-electron chi connectivity index (χ0n) is 17.7. The molecule has 0 saturated heterocycles. The lowest BCUT2D eigenvalue weighted by atomic mass is 10.1. The molecule has 0 bridgehead atoms. The second-order valence-electron chi connectivity index (χ2n) is 7.27. The van der Waals surface area contributed by atoms with Crippen LogP contribution < -0.4 is 10.1 Å². The van der Waals surface area contributed by atoms with E-state index in [1.165, 1.54) is 4.68 Å². The maximum atomic E-state index is 12.7. The number of amides is 1. The molecule has 1 N–H and O–H groups in total. The summed E-state index contributed by atoms with van der Waals surface area (Å²) in [7, 11) is 1.63. The maximum absolute atomic E-state index is 12.7. The summed E-state index contributed by atoms with van der Waals surface area (Å²) in [5.41, 5.74) is 2.62. The maximum Gasteiger partial charge on any atom is 0.246 e. The minimum atomic E-state index is -0.242. The molecule has 2 aromatic heterocycles. The summed E-state index contributed by atoms with van der Waals surface area (Å²) in [5, 5.41) is 8.10. The van der Waals surface area contributed by atoms with Crippen molar-refractivity contribution >= 4 is 35.4 Å². The molecule has 0 spiro atoms. The molecule has 0 aliphatic rings. The Balaban J connectivity index is 1.60. The Morgan fingerprint density at radius 3 is 2.53 bits per heavy atom. The van der Waals surface area contributed by atoms with E-state index < -0.39 is 0 Å². The van der Waals surface area contributed by atoms with E-state index in [1.807, 2.05) is 77.2 Å². The van der Waals surface area contributed by atoms with Gasteiger partial charge in [-0.25, -0.2) is 9.36 Å². The molecule has 0 fully saturated rings. The number of benzene rings is 2. The zero-order chi connectivity index (χ0) is 22.7. The van der Waals surface area contributed by atoms with Crippen LogP contribution in [0.3, 0.4) is 0 Å². The molecule has 0 unspecified atom stereocenters.